The Balaban J connectivity index is 2.18. The number of unbranched alkanes of at least 4 members (excludes halogenated alkanes) is 1. The van der Waals surface area contributed by atoms with Crippen LogP contribution in [0.4, 0.5) is 0 Å². The van der Waals surface area contributed by atoms with E-state index in [-0.39, 0.29) is 5.56 Å². The summed E-state index contributed by atoms with van der Waals surface area (Å²) >= 11 is 12.4. The number of fused-ring (bicyclic) bond motifs is 1. The van der Waals surface area contributed by atoms with Crippen molar-refractivity contribution >= 4 is 40.1 Å². The van der Waals surface area contributed by atoms with Crippen molar-refractivity contribution in [1.82, 2.24) is 4.98 Å². The van der Waals surface area contributed by atoms with Crippen LogP contribution in [0.5, 0.6) is 0 Å². The first-order valence-electron chi connectivity index (χ1n) is 8.04. The molecule has 1 aromatic heterocycles. The predicted molar refractivity (Wildman–Crippen MR) is 103 cm³/mol. The molecule has 1 heterocycles. The average molecular weight is 377 g/mol. The van der Waals surface area contributed by atoms with Crippen molar-refractivity contribution in [3.05, 3.63) is 57.6 Å². The van der Waals surface area contributed by atoms with Crippen LogP contribution < -0.4 is 5.73 Å². The summed E-state index contributed by atoms with van der Waals surface area (Å²) in [7, 11) is 0. The van der Waals surface area contributed by atoms with E-state index in [4.69, 9.17) is 28.9 Å². The fourth-order valence-electron chi connectivity index (χ4n) is 3.01. The van der Waals surface area contributed by atoms with E-state index in [1.54, 1.807) is 30.3 Å². The Labute approximate surface area is 155 Å². The number of rotatable bonds is 6. The minimum Gasteiger partial charge on any atom is -0.478 e. The first-order chi connectivity index (χ1) is 12.0. The van der Waals surface area contributed by atoms with Crippen LogP contribution >= 0.6 is 23.2 Å². The third-order valence-electron chi connectivity index (χ3n) is 4.23. The van der Waals surface area contributed by atoms with Gasteiger partial charge in [0.25, 0.3) is 0 Å². The highest BCUT2D eigenvalue weighted by atomic mass is 35.5. The number of halogens is 2. The topological polar surface area (TPSA) is 79.1 Å². The molecule has 0 aliphatic rings. The number of nitrogens with two attached hydrogens (primary N) is 1. The van der Waals surface area contributed by atoms with Crippen LogP contribution in [0, 0.1) is 0 Å². The molecule has 0 bridgehead atoms. The molecule has 3 aromatic rings. The van der Waals surface area contributed by atoms with Gasteiger partial charge in [0.05, 0.1) is 16.3 Å². The number of hydrogen-bond acceptors (Lipinski definition) is 2. The van der Waals surface area contributed by atoms with Gasteiger partial charge < -0.3 is 15.8 Å². The lowest BCUT2D eigenvalue weighted by Gasteiger charge is -2.08. The number of aromatic carboxylic acids is 1. The van der Waals surface area contributed by atoms with Crippen LogP contribution in [0.3, 0.4) is 0 Å². The van der Waals surface area contributed by atoms with E-state index < -0.39 is 5.97 Å². The van der Waals surface area contributed by atoms with Gasteiger partial charge in [-0.3, -0.25) is 0 Å². The highest BCUT2D eigenvalue weighted by Gasteiger charge is 2.17. The van der Waals surface area contributed by atoms with Crippen molar-refractivity contribution in [3.63, 3.8) is 0 Å². The molecular weight excluding hydrogens is 359 g/mol. The molecule has 0 amide bonds. The molecule has 3 rings (SSSR count). The summed E-state index contributed by atoms with van der Waals surface area (Å²) in [5, 5.41) is 11.3. The van der Waals surface area contributed by atoms with Crippen molar-refractivity contribution in [2.45, 2.75) is 19.3 Å². The van der Waals surface area contributed by atoms with Gasteiger partial charge in [0.2, 0.25) is 0 Å². The minimum absolute atomic E-state index is 0.264. The summed E-state index contributed by atoms with van der Waals surface area (Å²) in [5.74, 6) is -0.943. The van der Waals surface area contributed by atoms with Crippen molar-refractivity contribution in [2.24, 2.45) is 5.73 Å². The Hall–Kier alpha value is -2.01. The number of carbonyl (C=O) groups is 1. The first-order valence-corrected chi connectivity index (χ1v) is 8.80. The molecule has 0 unspecified atom stereocenters. The van der Waals surface area contributed by atoms with E-state index in [9.17, 15) is 9.90 Å². The van der Waals surface area contributed by atoms with Crippen LogP contribution in [-0.2, 0) is 6.42 Å². The summed E-state index contributed by atoms with van der Waals surface area (Å²) < 4.78 is 0. The molecule has 0 atom stereocenters. The average Bonchev–Trinajstić information content (AvgIpc) is 2.93. The Morgan fingerprint density at radius 2 is 1.92 bits per heavy atom. The lowest BCUT2D eigenvalue weighted by Crippen LogP contribution is -1.99. The molecule has 6 heteroatoms. The van der Waals surface area contributed by atoms with E-state index in [0.29, 0.717) is 16.6 Å². The molecule has 4 nitrogen and oxygen atoms in total. The van der Waals surface area contributed by atoms with Crippen LogP contribution in [0.15, 0.2) is 36.4 Å². The predicted octanol–water partition coefficient (Wildman–Crippen LogP) is 5.12. The molecule has 0 spiro atoms. The SMILES string of the molecule is NCCCCc1c(-c2ccc(Cl)cc2Cl)[nH]c2ccc(C(=O)O)cc12. The van der Waals surface area contributed by atoms with Gasteiger partial charge in [-0.2, -0.15) is 0 Å². The molecule has 0 fully saturated rings. The third-order valence-corrected chi connectivity index (χ3v) is 4.78. The van der Waals surface area contributed by atoms with Crippen molar-refractivity contribution in [3.8, 4) is 11.3 Å². The van der Waals surface area contributed by atoms with E-state index in [1.165, 1.54) is 0 Å². The zero-order valence-corrected chi connectivity index (χ0v) is 15.0. The van der Waals surface area contributed by atoms with Gasteiger partial charge in [-0.05, 0) is 67.8 Å². The number of carboxylic acid groups (broad SMARTS) is 1. The zero-order valence-electron chi connectivity index (χ0n) is 13.5. The van der Waals surface area contributed by atoms with Gasteiger partial charge in [-0.1, -0.05) is 23.2 Å². The minimum atomic E-state index is -0.943. The summed E-state index contributed by atoms with van der Waals surface area (Å²) in [4.78, 5) is 14.7. The summed E-state index contributed by atoms with van der Waals surface area (Å²) in [6.45, 7) is 0.625. The standard InChI is InChI=1S/C19H18Cl2N2O2/c20-12-5-6-14(16(21)10-12)18-13(3-1-2-8-22)15-9-11(19(24)25)4-7-17(15)23-18/h4-7,9-10,23H,1-3,8,22H2,(H,24,25). The molecule has 4 N–H and O–H groups in total. The van der Waals surface area contributed by atoms with E-state index in [1.807, 2.05) is 6.07 Å². The van der Waals surface area contributed by atoms with Crippen molar-refractivity contribution in [1.29, 1.82) is 0 Å². The second-order valence-electron chi connectivity index (χ2n) is 5.91. The number of aryl methyl sites for hydroxylation is 1. The highest BCUT2D eigenvalue weighted by Crippen LogP contribution is 2.36. The molecule has 130 valence electrons. The Bertz CT molecular complexity index is 935. The fourth-order valence-corrected chi connectivity index (χ4v) is 3.51. The maximum Gasteiger partial charge on any atom is 0.335 e. The molecule has 0 saturated carbocycles. The largest absolute Gasteiger partial charge is 0.478 e. The first kappa shape index (κ1) is 17.8. The number of benzene rings is 2. The van der Waals surface area contributed by atoms with Gasteiger partial charge in [-0.25, -0.2) is 4.79 Å². The molecule has 0 saturated heterocycles. The van der Waals surface area contributed by atoms with Gasteiger partial charge in [-0.15, -0.1) is 0 Å². The number of hydrogen-bond donors (Lipinski definition) is 3. The Kier molecular flexibility index (Phi) is 5.33. The summed E-state index contributed by atoms with van der Waals surface area (Å²) in [5.41, 5.74) is 9.56. The molecular formula is C19H18Cl2N2O2. The monoisotopic (exact) mass is 376 g/mol. The maximum atomic E-state index is 11.3. The normalized spacial score (nSPS) is 11.2. The quantitative estimate of drug-likeness (QED) is 0.522. The number of aromatic nitrogens is 1. The Morgan fingerprint density at radius 1 is 1.12 bits per heavy atom. The van der Waals surface area contributed by atoms with E-state index >= 15 is 0 Å². The van der Waals surface area contributed by atoms with Crippen LogP contribution in [0.2, 0.25) is 10.0 Å². The van der Waals surface area contributed by atoms with Gasteiger partial charge in [0.15, 0.2) is 0 Å². The highest BCUT2D eigenvalue weighted by molar-refractivity contribution is 6.36. The fraction of sp³-hybridized carbons (Fsp3) is 0.211. The molecule has 25 heavy (non-hydrogen) atoms. The second-order valence-corrected chi connectivity index (χ2v) is 6.76. The number of carboxylic acids is 1. The number of H-pyrrole nitrogens is 1. The third kappa shape index (κ3) is 3.66. The smallest absolute Gasteiger partial charge is 0.335 e. The van der Waals surface area contributed by atoms with Crippen molar-refractivity contribution in [2.75, 3.05) is 6.54 Å². The van der Waals surface area contributed by atoms with Crippen molar-refractivity contribution < 1.29 is 9.90 Å². The van der Waals surface area contributed by atoms with E-state index in [2.05, 4.69) is 4.98 Å². The van der Waals surface area contributed by atoms with Gasteiger partial charge >= 0.3 is 5.97 Å². The lowest BCUT2D eigenvalue weighted by atomic mass is 9.99. The number of aromatic amines is 1. The second kappa shape index (κ2) is 7.48. The van der Waals surface area contributed by atoms with Crippen LogP contribution in [0.1, 0.15) is 28.8 Å². The Morgan fingerprint density at radius 3 is 2.60 bits per heavy atom. The molecule has 2 aromatic carbocycles. The van der Waals surface area contributed by atoms with Gasteiger partial charge in [0.1, 0.15) is 0 Å². The molecule has 0 aliphatic carbocycles. The van der Waals surface area contributed by atoms with E-state index in [0.717, 1.165) is 47.0 Å². The zero-order chi connectivity index (χ0) is 18.0. The van der Waals surface area contributed by atoms with Crippen LogP contribution in [0.25, 0.3) is 22.2 Å². The van der Waals surface area contributed by atoms with Crippen LogP contribution in [-0.4, -0.2) is 22.6 Å². The van der Waals surface area contributed by atoms with Gasteiger partial charge in [0, 0.05) is 21.5 Å². The molecule has 0 radical (unpaired) electrons. The number of nitrogens with one attached hydrogen (secondary N) is 1. The molecule has 0 aliphatic heterocycles. The lowest BCUT2D eigenvalue weighted by molar-refractivity contribution is 0.0697. The maximum absolute atomic E-state index is 11.3. The summed E-state index contributed by atoms with van der Waals surface area (Å²) in [6, 6.07) is 10.5. The summed E-state index contributed by atoms with van der Waals surface area (Å²) in [6.07, 6.45) is 2.60.